The van der Waals surface area contributed by atoms with Gasteiger partial charge in [0.2, 0.25) is 5.78 Å². The Labute approximate surface area is 111 Å². The molecular formula is C13H19NO3S. The predicted octanol–water partition coefficient (Wildman–Crippen LogP) is 1.37. The van der Waals surface area contributed by atoms with Gasteiger partial charge in [0, 0.05) is 19.5 Å². The van der Waals surface area contributed by atoms with Crippen LogP contribution in [-0.4, -0.2) is 42.3 Å². The molecule has 2 N–H and O–H groups in total. The van der Waals surface area contributed by atoms with Crippen LogP contribution >= 0.6 is 11.3 Å². The normalized spacial score (nSPS) is 23.6. The maximum Gasteiger partial charge on any atom is 0.204 e. The second kappa shape index (κ2) is 5.48. The van der Waals surface area contributed by atoms with Crippen LogP contribution in [0.4, 0.5) is 0 Å². The van der Waals surface area contributed by atoms with Gasteiger partial charge in [-0.25, -0.2) is 0 Å². The average molecular weight is 269 g/mol. The summed E-state index contributed by atoms with van der Waals surface area (Å²) in [6.07, 6.45) is 0.231. The van der Waals surface area contributed by atoms with Gasteiger partial charge >= 0.3 is 0 Å². The van der Waals surface area contributed by atoms with Crippen LogP contribution in [-0.2, 0) is 4.74 Å². The van der Waals surface area contributed by atoms with Gasteiger partial charge in [0.15, 0.2) is 0 Å². The minimum Gasteiger partial charge on any atom is -0.382 e. The van der Waals surface area contributed by atoms with Crippen LogP contribution in [0.3, 0.4) is 0 Å². The predicted molar refractivity (Wildman–Crippen MR) is 71.2 cm³/mol. The van der Waals surface area contributed by atoms with Crippen LogP contribution in [0, 0.1) is 6.92 Å². The second-order valence-electron chi connectivity index (χ2n) is 4.99. The summed E-state index contributed by atoms with van der Waals surface area (Å²) in [6.45, 7) is 5.66. The Kier molecular flexibility index (Phi) is 4.17. The fourth-order valence-corrected chi connectivity index (χ4v) is 3.06. The van der Waals surface area contributed by atoms with Gasteiger partial charge in [-0.1, -0.05) is 0 Å². The van der Waals surface area contributed by atoms with Crippen molar-refractivity contribution in [1.29, 1.82) is 0 Å². The standard InChI is InChI=1S/C13H19NO3S/c1-9-5-11(18-8-9)12(15)13(2,16)6-10-7-14-3-4-17-10/h5,8,10,14,16H,3-4,6-7H2,1-2H3. The zero-order valence-corrected chi connectivity index (χ0v) is 11.5. The van der Waals surface area contributed by atoms with Crippen LogP contribution in [0.5, 0.6) is 0 Å². The maximum absolute atomic E-state index is 12.2. The number of ether oxygens (including phenoxy) is 1. The molecule has 1 aliphatic heterocycles. The van der Waals surface area contributed by atoms with E-state index in [0.29, 0.717) is 24.4 Å². The van der Waals surface area contributed by atoms with Crippen LogP contribution in [0.25, 0.3) is 0 Å². The van der Waals surface area contributed by atoms with Gasteiger partial charge in [-0.2, -0.15) is 0 Å². The highest BCUT2D eigenvalue weighted by Crippen LogP contribution is 2.24. The smallest absolute Gasteiger partial charge is 0.204 e. The number of nitrogens with one attached hydrogen (secondary N) is 1. The van der Waals surface area contributed by atoms with Crippen molar-refractivity contribution < 1.29 is 14.6 Å². The number of hydrogen-bond donors (Lipinski definition) is 2. The van der Waals surface area contributed by atoms with Crippen molar-refractivity contribution in [3.63, 3.8) is 0 Å². The van der Waals surface area contributed by atoms with E-state index in [1.807, 2.05) is 18.4 Å². The lowest BCUT2D eigenvalue weighted by Gasteiger charge is -2.30. The van der Waals surface area contributed by atoms with Crippen LogP contribution in [0.1, 0.15) is 28.6 Å². The van der Waals surface area contributed by atoms with E-state index < -0.39 is 5.60 Å². The number of hydrogen-bond acceptors (Lipinski definition) is 5. The van der Waals surface area contributed by atoms with E-state index in [1.165, 1.54) is 11.3 Å². The van der Waals surface area contributed by atoms with Crippen molar-refractivity contribution >= 4 is 17.1 Å². The number of aliphatic hydroxyl groups is 1. The molecule has 18 heavy (non-hydrogen) atoms. The third-order valence-electron chi connectivity index (χ3n) is 3.07. The maximum atomic E-state index is 12.2. The van der Waals surface area contributed by atoms with Crippen LogP contribution < -0.4 is 5.32 Å². The van der Waals surface area contributed by atoms with E-state index >= 15 is 0 Å². The van der Waals surface area contributed by atoms with Gasteiger partial charge in [-0.15, -0.1) is 11.3 Å². The quantitative estimate of drug-likeness (QED) is 0.811. The first-order valence-corrected chi connectivity index (χ1v) is 7.01. The van der Waals surface area contributed by atoms with Crippen LogP contribution in [0.15, 0.2) is 11.4 Å². The number of carbonyl (C=O) groups excluding carboxylic acids is 1. The highest BCUT2D eigenvalue weighted by Gasteiger charge is 2.35. The van der Waals surface area contributed by atoms with Crippen molar-refractivity contribution in [2.45, 2.75) is 32.0 Å². The number of morpholine rings is 1. The monoisotopic (exact) mass is 269 g/mol. The first kappa shape index (κ1) is 13.7. The van der Waals surface area contributed by atoms with Gasteiger partial charge in [-0.05, 0) is 30.9 Å². The topological polar surface area (TPSA) is 58.6 Å². The minimum atomic E-state index is -1.36. The highest BCUT2D eigenvalue weighted by molar-refractivity contribution is 7.12. The molecule has 0 aliphatic carbocycles. The Bertz CT molecular complexity index is 422. The largest absolute Gasteiger partial charge is 0.382 e. The molecule has 0 aromatic carbocycles. The molecule has 1 fully saturated rings. The molecule has 1 aromatic rings. The molecule has 5 heteroatoms. The van der Waals surface area contributed by atoms with E-state index in [-0.39, 0.29) is 11.9 Å². The van der Waals surface area contributed by atoms with Gasteiger partial charge in [0.1, 0.15) is 5.60 Å². The first-order chi connectivity index (χ1) is 8.49. The third-order valence-corrected chi connectivity index (χ3v) is 4.12. The van der Waals surface area contributed by atoms with E-state index in [0.717, 1.165) is 12.1 Å². The van der Waals surface area contributed by atoms with Crippen molar-refractivity contribution in [3.8, 4) is 0 Å². The van der Waals surface area contributed by atoms with E-state index in [1.54, 1.807) is 6.92 Å². The molecule has 1 saturated heterocycles. The Balaban J connectivity index is 2.02. The summed E-state index contributed by atoms with van der Waals surface area (Å²) in [5.74, 6) is -0.213. The van der Waals surface area contributed by atoms with E-state index in [9.17, 15) is 9.90 Å². The van der Waals surface area contributed by atoms with Crippen molar-refractivity contribution in [1.82, 2.24) is 5.32 Å². The molecule has 1 aliphatic rings. The summed E-state index contributed by atoms with van der Waals surface area (Å²) in [6, 6.07) is 1.82. The molecule has 100 valence electrons. The number of carbonyl (C=O) groups is 1. The van der Waals surface area contributed by atoms with Crippen molar-refractivity contribution in [2.24, 2.45) is 0 Å². The van der Waals surface area contributed by atoms with Crippen molar-refractivity contribution in [3.05, 3.63) is 21.9 Å². The summed E-state index contributed by atoms with van der Waals surface area (Å²) >= 11 is 1.38. The molecule has 2 heterocycles. The van der Waals surface area contributed by atoms with E-state index in [4.69, 9.17) is 4.74 Å². The minimum absolute atomic E-state index is 0.0984. The SMILES string of the molecule is Cc1csc(C(=O)C(C)(O)CC2CNCCO2)c1. The molecule has 2 rings (SSSR count). The number of thiophene rings is 1. The summed E-state index contributed by atoms with van der Waals surface area (Å²) in [5, 5.41) is 15.5. The number of Topliss-reactive ketones (excluding diaryl/α,β-unsaturated/α-hetero) is 1. The lowest BCUT2D eigenvalue weighted by molar-refractivity contribution is -0.0301. The molecule has 4 nitrogen and oxygen atoms in total. The van der Waals surface area contributed by atoms with Gasteiger partial charge in [0.05, 0.1) is 17.6 Å². The summed E-state index contributed by atoms with van der Waals surface area (Å²) < 4.78 is 5.53. The summed E-state index contributed by atoms with van der Waals surface area (Å²) in [7, 11) is 0. The van der Waals surface area contributed by atoms with E-state index in [2.05, 4.69) is 5.32 Å². The molecule has 1 aromatic heterocycles. The molecule has 0 spiro atoms. The van der Waals surface area contributed by atoms with Gasteiger partial charge < -0.3 is 15.2 Å². The number of aryl methyl sites for hydroxylation is 1. The van der Waals surface area contributed by atoms with Crippen LogP contribution in [0.2, 0.25) is 0 Å². The van der Waals surface area contributed by atoms with Crippen molar-refractivity contribution in [2.75, 3.05) is 19.7 Å². The zero-order valence-electron chi connectivity index (χ0n) is 10.7. The molecule has 2 atom stereocenters. The Hall–Kier alpha value is -0.750. The Morgan fingerprint density at radius 2 is 2.50 bits per heavy atom. The molecule has 2 unspecified atom stereocenters. The Morgan fingerprint density at radius 1 is 1.72 bits per heavy atom. The van der Waals surface area contributed by atoms with Gasteiger partial charge in [-0.3, -0.25) is 4.79 Å². The molecule has 0 amide bonds. The molecular weight excluding hydrogens is 250 g/mol. The number of rotatable bonds is 4. The second-order valence-corrected chi connectivity index (χ2v) is 5.90. The van der Waals surface area contributed by atoms with Gasteiger partial charge in [0.25, 0.3) is 0 Å². The third kappa shape index (κ3) is 3.17. The summed E-state index contributed by atoms with van der Waals surface area (Å²) in [5.41, 5.74) is -0.309. The fraction of sp³-hybridized carbons (Fsp3) is 0.615. The average Bonchev–Trinajstić information content (AvgIpc) is 2.75. The molecule has 0 saturated carbocycles. The lowest BCUT2D eigenvalue weighted by atomic mass is 9.92. The first-order valence-electron chi connectivity index (χ1n) is 6.14. The lowest BCUT2D eigenvalue weighted by Crippen LogP contribution is -2.46. The highest BCUT2D eigenvalue weighted by atomic mass is 32.1. The Morgan fingerprint density at radius 3 is 3.06 bits per heavy atom. The molecule has 0 radical (unpaired) electrons. The summed E-state index contributed by atoms with van der Waals surface area (Å²) in [4.78, 5) is 12.9. The zero-order chi connectivity index (χ0) is 13.2. The number of ketones is 1. The fourth-order valence-electron chi connectivity index (χ4n) is 2.10. The molecule has 0 bridgehead atoms.